The summed E-state index contributed by atoms with van der Waals surface area (Å²) >= 11 is 0. The van der Waals surface area contributed by atoms with Gasteiger partial charge >= 0.3 is 0 Å². The Morgan fingerprint density at radius 2 is 2.00 bits per heavy atom. The van der Waals surface area contributed by atoms with E-state index in [2.05, 4.69) is 17.1 Å². The fraction of sp³-hybridized carbons (Fsp3) is 0.824. The third-order valence-electron chi connectivity index (χ3n) is 5.19. The predicted octanol–water partition coefficient (Wildman–Crippen LogP) is 3.03. The van der Waals surface area contributed by atoms with Crippen molar-refractivity contribution in [2.45, 2.75) is 83.5 Å². The Morgan fingerprint density at radius 1 is 1.22 bits per heavy atom. The largest absolute Gasteiger partial charge is 0.422 e. The molecule has 0 unspecified atom stereocenters. The topological polar surface area (TPSA) is 68.5 Å². The summed E-state index contributed by atoms with van der Waals surface area (Å²) in [5.74, 6) is 1.44. The first kappa shape index (κ1) is 16.4. The number of carbonyl (C=O) groups is 1. The van der Waals surface area contributed by atoms with Crippen LogP contribution in [0.25, 0.3) is 0 Å². The molecular formula is C17H27N3O3. The molecule has 0 aromatic carbocycles. The Bertz CT molecular complexity index is 525. The fourth-order valence-corrected chi connectivity index (χ4v) is 3.81. The van der Waals surface area contributed by atoms with E-state index < -0.39 is 0 Å². The minimum atomic E-state index is 0.105. The third-order valence-corrected chi connectivity index (χ3v) is 5.19. The fourth-order valence-electron chi connectivity index (χ4n) is 3.81. The maximum absolute atomic E-state index is 11.7. The van der Waals surface area contributed by atoms with Gasteiger partial charge in [0.05, 0.1) is 12.0 Å². The molecule has 1 saturated carbocycles. The molecule has 0 radical (unpaired) electrons. The highest BCUT2D eigenvalue weighted by Crippen LogP contribution is 2.32. The average Bonchev–Trinajstić information content (AvgIpc) is 3.02. The highest BCUT2D eigenvalue weighted by molar-refractivity contribution is 5.73. The van der Waals surface area contributed by atoms with Crippen molar-refractivity contribution in [1.29, 1.82) is 0 Å². The number of hydrogen-bond acceptors (Lipinski definition) is 5. The monoisotopic (exact) mass is 321 g/mol. The summed E-state index contributed by atoms with van der Waals surface area (Å²) < 4.78 is 11.7. The normalized spacial score (nSPS) is 26.4. The molecule has 2 atom stereocenters. The van der Waals surface area contributed by atoms with Gasteiger partial charge in [-0.1, -0.05) is 19.3 Å². The van der Waals surface area contributed by atoms with Crippen LogP contribution < -0.4 is 0 Å². The number of hydrogen-bond donors (Lipinski definition) is 0. The van der Waals surface area contributed by atoms with Crippen LogP contribution in [0, 0.1) is 0 Å². The number of nitrogens with zero attached hydrogens (tertiary/aromatic N) is 3. The lowest BCUT2D eigenvalue weighted by Crippen LogP contribution is -2.44. The van der Waals surface area contributed by atoms with E-state index in [0.29, 0.717) is 24.5 Å². The molecular weight excluding hydrogens is 294 g/mol. The zero-order valence-corrected chi connectivity index (χ0v) is 14.2. The molecule has 6 heteroatoms. The van der Waals surface area contributed by atoms with Crippen molar-refractivity contribution in [3.8, 4) is 0 Å². The van der Waals surface area contributed by atoms with E-state index in [9.17, 15) is 4.79 Å². The van der Waals surface area contributed by atoms with E-state index in [1.165, 1.54) is 19.3 Å². The number of aromatic nitrogens is 2. The molecule has 1 amide bonds. The molecule has 2 aliphatic rings. The van der Waals surface area contributed by atoms with E-state index in [-0.39, 0.29) is 17.9 Å². The lowest BCUT2D eigenvalue weighted by molar-refractivity contribution is -0.132. The molecule has 0 spiro atoms. The van der Waals surface area contributed by atoms with E-state index in [1.807, 2.05) is 4.90 Å². The molecule has 23 heavy (non-hydrogen) atoms. The Labute approximate surface area is 137 Å². The molecule has 128 valence electrons. The summed E-state index contributed by atoms with van der Waals surface area (Å²) in [5.41, 5.74) is 0. The first-order valence-corrected chi connectivity index (χ1v) is 8.86. The Hall–Kier alpha value is -1.43. The van der Waals surface area contributed by atoms with Gasteiger partial charge in [-0.25, -0.2) is 0 Å². The molecule has 1 aromatic rings. The predicted molar refractivity (Wildman–Crippen MR) is 84.8 cm³/mol. The van der Waals surface area contributed by atoms with E-state index in [0.717, 1.165) is 32.2 Å². The van der Waals surface area contributed by atoms with Gasteiger partial charge in [-0.3, -0.25) is 4.79 Å². The van der Waals surface area contributed by atoms with Crippen LogP contribution >= 0.6 is 0 Å². The molecule has 0 bridgehead atoms. The minimum absolute atomic E-state index is 0.105. The molecule has 6 nitrogen and oxygen atoms in total. The molecule has 3 rings (SSSR count). The van der Waals surface area contributed by atoms with Crippen molar-refractivity contribution in [3.05, 3.63) is 11.8 Å². The summed E-state index contributed by atoms with van der Waals surface area (Å²) in [6.07, 6.45) is 8.38. The highest BCUT2D eigenvalue weighted by atomic mass is 16.5. The van der Waals surface area contributed by atoms with Crippen molar-refractivity contribution < 1.29 is 13.9 Å². The maximum atomic E-state index is 11.7. The zero-order chi connectivity index (χ0) is 16.2. The number of carbonyl (C=O) groups excluding carboxylic acids is 1. The van der Waals surface area contributed by atoms with Crippen LogP contribution in [0.2, 0.25) is 0 Å². The molecule has 2 heterocycles. The smallest absolute Gasteiger partial charge is 0.242 e. The lowest BCUT2D eigenvalue weighted by atomic mass is 9.90. The van der Waals surface area contributed by atoms with E-state index >= 15 is 0 Å². The van der Waals surface area contributed by atoms with Gasteiger partial charge in [-0.15, -0.1) is 10.2 Å². The number of amides is 1. The molecule has 2 fully saturated rings. The van der Waals surface area contributed by atoms with Gasteiger partial charge in [0.25, 0.3) is 0 Å². The number of rotatable bonds is 4. The van der Waals surface area contributed by atoms with Crippen LogP contribution in [-0.4, -0.2) is 39.7 Å². The highest BCUT2D eigenvalue weighted by Gasteiger charge is 2.34. The van der Waals surface area contributed by atoms with Crippen LogP contribution in [-0.2, 0) is 16.1 Å². The van der Waals surface area contributed by atoms with Crippen molar-refractivity contribution in [3.63, 3.8) is 0 Å². The van der Waals surface area contributed by atoms with Gasteiger partial charge in [-0.2, -0.15) is 0 Å². The quantitative estimate of drug-likeness (QED) is 0.852. The second-order valence-corrected chi connectivity index (χ2v) is 6.81. The second kappa shape index (κ2) is 7.43. The molecule has 1 aliphatic carbocycles. The maximum Gasteiger partial charge on any atom is 0.242 e. The number of likely N-dealkylation sites (tertiary alicyclic amines) is 1. The van der Waals surface area contributed by atoms with Crippen molar-refractivity contribution in [1.82, 2.24) is 15.1 Å². The average molecular weight is 321 g/mol. The van der Waals surface area contributed by atoms with Gasteiger partial charge in [-0.05, 0) is 32.6 Å². The minimum Gasteiger partial charge on any atom is -0.422 e. The van der Waals surface area contributed by atoms with E-state index in [1.54, 1.807) is 6.92 Å². The molecule has 0 N–H and O–H groups in total. The van der Waals surface area contributed by atoms with Crippen LogP contribution in [0.1, 0.15) is 76.5 Å². The molecule has 1 saturated heterocycles. The first-order valence-electron chi connectivity index (χ1n) is 8.86. The summed E-state index contributed by atoms with van der Waals surface area (Å²) in [5, 5.41) is 8.35. The lowest BCUT2D eigenvalue weighted by Gasteiger charge is -2.37. The van der Waals surface area contributed by atoms with E-state index in [4.69, 9.17) is 9.15 Å². The van der Waals surface area contributed by atoms with Crippen LogP contribution in [0.15, 0.2) is 4.42 Å². The van der Waals surface area contributed by atoms with Crippen LogP contribution in [0.5, 0.6) is 0 Å². The Morgan fingerprint density at radius 3 is 2.74 bits per heavy atom. The number of piperidine rings is 1. The van der Waals surface area contributed by atoms with Gasteiger partial charge < -0.3 is 14.1 Å². The van der Waals surface area contributed by atoms with Crippen molar-refractivity contribution >= 4 is 5.91 Å². The van der Waals surface area contributed by atoms with Gasteiger partial charge in [0.1, 0.15) is 6.61 Å². The second-order valence-electron chi connectivity index (χ2n) is 6.81. The Balaban J connectivity index is 1.58. The van der Waals surface area contributed by atoms with Crippen LogP contribution in [0.4, 0.5) is 0 Å². The first-order chi connectivity index (χ1) is 11.1. The van der Waals surface area contributed by atoms with Crippen molar-refractivity contribution in [2.24, 2.45) is 0 Å². The summed E-state index contributed by atoms with van der Waals surface area (Å²) in [7, 11) is 0. The molecule has 1 aliphatic heterocycles. The third kappa shape index (κ3) is 3.91. The Kier molecular flexibility index (Phi) is 5.30. The van der Waals surface area contributed by atoms with Gasteiger partial charge in [0, 0.05) is 19.5 Å². The number of ether oxygens (including phenoxy) is 1. The van der Waals surface area contributed by atoms with Gasteiger partial charge in [0.2, 0.25) is 17.7 Å². The molecule has 1 aromatic heterocycles. The summed E-state index contributed by atoms with van der Waals surface area (Å²) in [4.78, 5) is 13.6. The summed E-state index contributed by atoms with van der Waals surface area (Å²) in [6.45, 7) is 4.90. The zero-order valence-electron chi connectivity index (χ0n) is 14.2. The summed E-state index contributed by atoms with van der Waals surface area (Å²) in [6, 6.07) is 0.105. The van der Waals surface area contributed by atoms with Gasteiger partial charge in [0.15, 0.2) is 0 Å². The standard InChI is InChI=1S/C17H27N3O3/c1-12-15(9-6-10-20(12)13(2)21)17-19-18-16(23-17)11-22-14-7-4-3-5-8-14/h12,14-15H,3-11H2,1-2H3/t12-,15-/m0/s1. The SMILES string of the molecule is CC(=O)N1CCC[C@H](c2nnc(COC3CCCCC3)o2)[C@@H]1C. The van der Waals surface area contributed by atoms with Crippen LogP contribution in [0.3, 0.4) is 0 Å². The van der Waals surface area contributed by atoms with Crippen molar-refractivity contribution in [2.75, 3.05) is 6.54 Å².